The minimum atomic E-state index is -3.03. The Morgan fingerprint density at radius 2 is 1.65 bits per heavy atom. The van der Waals surface area contributed by atoms with Crippen LogP contribution in [0.25, 0.3) is 11.1 Å². The molecule has 1 heterocycles. The van der Waals surface area contributed by atoms with Gasteiger partial charge in [-0.3, -0.25) is 9.59 Å². The lowest BCUT2D eigenvalue weighted by Crippen LogP contribution is -2.47. The van der Waals surface area contributed by atoms with Crippen molar-refractivity contribution in [2.24, 2.45) is 5.92 Å². The van der Waals surface area contributed by atoms with Crippen LogP contribution in [-0.2, 0) is 19.1 Å². The van der Waals surface area contributed by atoms with Gasteiger partial charge in [0.25, 0.3) is 6.43 Å². The van der Waals surface area contributed by atoms with E-state index in [2.05, 4.69) is 10.6 Å². The van der Waals surface area contributed by atoms with Crippen molar-refractivity contribution in [1.82, 2.24) is 10.6 Å². The molecule has 2 aliphatic rings. The van der Waals surface area contributed by atoms with Gasteiger partial charge >= 0.3 is 12.1 Å². The average molecular weight is 474 g/mol. The highest BCUT2D eigenvalue weighted by Gasteiger charge is 2.36. The molecule has 0 saturated carbocycles. The van der Waals surface area contributed by atoms with Gasteiger partial charge in [0, 0.05) is 5.92 Å². The Labute approximate surface area is 194 Å². The van der Waals surface area contributed by atoms with Gasteiger partial charge in [-0.25, -0.2) is 13.6 Å². The average Bonchev–Trinajstić information content (AvgIpc) is 3.40. The third kappa shape index (κ3) is 5.01. The Hall–Kier alpha value is -3.53. The summed E-state index contributed by atoms with van der Waals surface area (Å²) in [6.07, 6.45) is -4.82. The molecule has 4 rings (SSSR count). The van der Waals surface area contributed by atoms with Crippen molar-refractivity contribution >= 4 is 18.0 Å². The number of amides is 2. The van der Waals surface area contributed by atoms with Crippen molar-refractivity contribution in [1.29, 1.82) is 0 Å². The second-order valence-electron chi connectivity index (χ2n) is 8.27. The highest BCUT2D eigenvalue weighted by atomic mass is 19.3. The number of aliphatic carboxylic acids is 1. The molecular weight excluding hydrogens is 450 g/mol. The minimum Gasteiger partial charge on any atom is -0.481 e. The van der Waals surface area contributed by atoms with Gasteiger partial charge in [0.1, 0.15) is 18.6 Å². The van der Waals surface area contributed by atoms with Gasteiger partial charge in [0.05, 0.1) is 25.7 Å². The van der Waals surface area contributed by atoms with Gasteiger partial charge in [0.2, 0.25) is 5.91 Å². The summed E-state index contributed by atoms with van der Waals surface area (Å²) in [6.45, 7) is -0.153. The Morgan fingerprint density at radius 1 is 1.03 bits per heavy atom. The number of alkyl halides is 2. The molecule has 0 bridgehead atoms. The van der Waals surface area contributed by atoms with E-state index in [1.807, 2.05) is 48.5 Å². The zero-order valence-electron chi connectivity index (χ0n) is 18.1. The number of fused-ring (bicyclic) bond motifs is 3. The second kappa shape index (κ2) is 10.2. The maximum Gasteiger partial charge on any atom is 0.407 e. The topological polar surface area (TPSA) is 114 Å². The molecule has 1 saturated heterocycles. The zero-order chi connectivity index (χ0) is 24.2. The van der Waals surface area contributed by atoms with Gasteiger partial charge in [-0.2, -0.15) is 0 Å². The number of carbonyl (C=O) groups is 3. The van der Waals surface area contributed by atoms with Gasteiger partial charge in [-0.1, -0.05) is 48.5 Å². The molecule has 2 aromatic carbocycles. The first-order chi connectivity index (χ1) is 16.3. The van der Waals surface area contributed by atoms with Crippen LogP contribution in [-0.4, -0.2) is 61.4 Å². The number of carboxylic acid groups (broad SMARTS) is 1. The molecule has 0 spiro atoms. The number of carbonyl (C=O) groups excluding carboxylic acids is 2. The van der Waals surface area contributed by atoms with Crippen LogP contribution in [0.2, 0.25) is 0 Å². The summed E-state index contributed by atoms with van der Waals surface area (Å²) >= 11 is 0. The van der Waals surface area contributed by atoms with Gasteiger partial charge in [-0.05, 0) is 22.3 Å². The summed E-state index contributed by atoms with van der Waals surface area (Å²) in [5.74, 6) is -3.15. The molecular formula is C24H24F2N2O6. The molecule has 10 heteroatoms. The van der Waals surface area contributed by atoms with Crippen molar-refractivity contribution in [2.75, 3.05) is 19.8 Å². The van der Waals surface area contributed by atoms with E-state index in [9.17, 15) is 23.2 Å². The van der Waals surface area contributed by atoms with Gasteiger partial charge < -0.3 is 25.2 Å². The number of carboxylic acids is 1. The predicted octanol–water partition coefficient (Wildman–Crippen LogP) is 2.76. The van der Waals surface area contributed by atoms with Crippen LogP contribution < -0.4 is 10.6 Å². The Bertz CT molecular complexity index is 1030. The lowest BCUT2D eigenvalue weighted by atomic mass is 9.98. The highest BCUT2D eigenvalue weighted by Crippen LogP contribution is 2.44. The maximum absolute atomic E-state index is 13.5. The van der Waals surface area contributed by atoms with Crippen molar-refractivity contribution in [2.45, 2.75) is 30.8 Å². The molecule has 0 aromatic heterocycles. The molecule has 3 atom stereocenters. The Kier molecular flexibility index (Phi) is 7.06. The van der Waals surface area contributed by atoms with Crippen LogP contribution in [0, 0.1) is 5.92 Å². The zero-order valence-corrected chi connectivity index (χ0v) is 18.1. The van der Waals surface area contributed by atoms with Gasteiger partial charge in [0.15, 0.2) is 0 Å². The number of halogens is 2. The fourth-order valence-electron chi connectivity index (χ4n) is 4.40. The van der Waals surface area contributed by atoms with Crippen molar-refractivity contribution < 1.29 is 37.7 Å². The highest BCUT2D eigenvalue weighted by molar-refractivity contribution is 5.80. The fourth-order valence-corrected chi connectivity index (χ4v) is 4.40. The molecule has 1 fully saturated rings. The van der Waals surface area contributed by atoms with Crippen LogP contribution in [0.1, 0.15) is 23.5 Å². The van der Waals surface area contributed by atoms with Crippen LogP contribution in [0.5, 0.6) is 0 Å². The Morgan fingerprint density at radius 3 is 2.24 bits per heavy atom. The van der Waals surface area contributed by atoms with Crippen LogP contribution in [0.4, 0.5) is 13.6 Å². The summed E-state index contributed by atoms with van der Waals surface area (Å²) in [5, 5.41) is 13.6. The minimum absolute atomic E-state index is 0.0259. The summed E-state index contributed by atoms with van der Waals surface area (Å²) < 4.78 is 37.3. The van der Waals surface area contributed by atoms with E-state index in [-0.39, 0.29) is 25.7 Å². The van der Waals surface area contributed by atoms with E-state index < -0.39 is 48.8 Å². The number of alkyl carbamates (subject to hydrolysis) is 1. The van der Waals surface area contributed by atoms with E-state index in [1.54, 1.807) is 0 Å². The standard InChI is InChI=1S/C24H24F2N2O6/c25-22(26)19(9-21(29)27-20-12-33-10-18(20)23(30)31)28-24(32)34-11-17-15-7-3-1-5-13(15)14-6-2-4-8-16(14)17/h1-8,17-20,22H,9-12H2,(H,27,29)(H,28,32)(H,30,31). The third-order valence-electron chi connectivity index (χ3n) is 6.10. The number of hydrogen-bond donors (Lipinski definition) is 3. The summed E-state index contributed by atoms with van der Waals surface area (Å²) in [4.78, 5) is 35.7. The first-order valence-electron chi connectivity index (χ1n) is 10.8. The number of benzene rings is 2. The molecule has 2 amide bonds. The van der Waals surface area contributed by atoms with E-state index in [0.29, 0.717) is 0 Å². The fraction of sp³-hybridized carbons (Fsp3) is 0.375. The molecule has 3 unspecified atom stereocenters. The number of hydrogen-bond acceptors (Lipinski definition) is 5. The predicted molar refractivity (Wildman–Crippen MR) is 116 cm³/mol. The van der Waals surface area contributed by atoms with Crippen LogP contribution in [0.3, 0.4) is 0 Å². The first-order valence-corrected chi connectivity index (χ1v) is 10.8. The molecule has 3 N–H and O–H groups in total. The molecule has 0 radical (unpaired) electrons. The number of rotatable bonds is 8. The number of ether oxygens (including phenoxy) is 2. The summed E-state index contributed by atoms with van der Waals surface area (Å²) in [5.41, 5.74) is 4.02. The smallest absolute Gasteiger partial charge is 0.407 e. The summed E-state index contributed by atoms with van der Waals surface area (Å²) in [6, 6.07) is 12.8. The first kappa shape index (κ1) is 23.6. The van der Waals surface area contributed by atoms with E-state index >= 15 is 0 Å². The lowest BCUT2D eigenvalue weighted by molar-refractivity contribution is -0.142. The lowest BCUT2D eigenvalue weighted by Gasteiger charge is -2.21. The molecule has 8 nitrogen and oxygen atoms in total. The van der Waals surface area contributed by atoms with E-state index in [4.69, 9.17) is 14.6 Å². The quantitative estimate of drug-likeness (QED) is 0.542. The van der Waals surface area contributed by atoms with Gasteiger partial charge in [-0.15, -0.1) is 0 Å². The monoisotopic (exact) mass is 474 g/mol. The molecule has 1 aliphatic carbocycles. The largest absolute Gasteiger partial charge is 0.481 e. The maximum atomic E-state index is 13.5. The van der Waals surface area contributed by atoms with E-state index in [1.165, 1.54) is 0 Å². The van der Waals surface area contributed by atoms with E-state index in [0.717, 1.165) is 22.3 Å². The Balaban J connectivity index is 1.34. The molecule has 1 aliphatic heterocycles. The summed E-state index contributed by atoms with van der Waals surface area (Å²) in [7, 11) is 0. The van der Waals surface area contributed by atoms with Crippen LogP contribution in [0.15, 0.2) is 48.5 Å². The SMILES string of the molecule is O=C(CC(NC(=O)OCC1c2ccccc2-c2ccccc21)C(F)F)NC1COCC1C(=O)O. The van der Waals surface area contributed by atoms with Crippen molar-refractivity contribution in [3.8, 4) is 11.1 Å². The molecule has 2 aromatic rings. The normalized spacial score (nSPS) is 19.9. The molecule has 180 valence electrons. The number of nitrogens with one attached hydrogen (secondary N) is 2. The van der Waals surface area contributed by atoms with Crippen molar-refractivity contribution in [3.05, 3.63) is 59.7 Å². The molecule has 34 heavy (non-hydrogen) atoms. The third-order valence-corrected chi connectivity index (χ3v) is 6.10. The van der Waals surface area contributed by atoms with Crippen LogP contribution >= 0.6 is 0 Å². The second-order valence-corrected chi connectivity index (χ2v) is 8.27. The van der Waals surface area contributed by atoms with Crippen molar-refractivity contribution in [3.63, 3.8) is 0 Å².